The van der Waals surface area contributed by atoms with Crippen LogP contribution in [0.15, 0.2) is 97.5 Å². The molecule has 0 aliphatic carbocycles. The van der Waals surface area contributed by atoms with Crippen LogP contribution in [-0.2, 0) is 17.9 Å². The van der Waals surface area contributed by atoms with E-state index in [9.17, 15) is 4.79 Å². The van der Waals surface area contributed by atoms with Crippen molar-refractivity contribution in [1.82, 2.24) is 24.3 Å². The first kappa shape index (κ1) is 28.3. The first-order chi connectivity index (χ1) is 21.6. The van der Waals surface area contributed by atoms with Crippen LogP contribution < -0.4 is 5.73 Å². The molecule has 0 unspecified atom stereocenters. The normalized spacial score (nSPS) is 16.9. The highest BCUT2D eigenvalue weighted by atomic mass is 16.2. The van der Waals surface area contributed by atoms with Crippen LogP contribution in [0.3, 0.4) is 0 Å². The van der Waals surface area contributed by atoms with Gasteiger partial charge in [0.1, 0.15) is 5.82 Å². The van der Waals surface area contributed by atoms with Gasteiger partial charge in [-0.2, -0.15) is 0 Å². The third-order valence-electron chi connectivity index (χ3n) is 9.52. The summed E-state index contributed by atoms with van der Waals surface area (Å²) in [6.07, 6.45) is 9.36. The van der Waals surface area contributed by atoms with Crippen molar-refractivity contribution < 1.29 is 4.79 Å². The number of hydrogen-bond donors (Lipinski definition) is 1. The fourth-order valence-electron chi connectivity index (χ4n) is 7.32. The largest absolute Gasteiger partial charge is 0.384 e. The number of pyridine rings is 2. The van der Waals surface area contributed by atoms with Gasteiger partial charge in [-0.25, -0.2) is 4.98 Å². The number of amides is 1. The number of para-hydroxylation sites is 1. The van der Waals surface area contributed by atoms with E-state index in [-0.39, 0.29) is 5.92 Å². The van der Waals surface area contributed by atoms with Gasteiger partial charge in [0.15, 0.2) is 0 Å². The summed E-state index contributed by atoms with van der Waals surface area (Å²) in [5.41, 5.74) is 13.5. The fraction of sp³-hybridized carbons (Fsp3) is 0.324. The molecule has 1 amide bonds. The SMILES string of the molecule is Nc1cc(CN2CCC(C(=O)N3CCC(c4c(-c5ccccc5)n(Cc5cccnc5)c5ccccc45)CC3)CC2)ccn1. The van der Waals surface area contributed by atoms with Gasteiger partial charge in [-0.15, -0.1) is 0 Å². The Labute approximate surface area is 259 Å². The zero-order chi connectivity index (χ0) is 29.9. The van der Waals surface area contributed by atoms with Crippen LogP contribution >= 0.6 is 0 Å². The van der Waals surface area contributed by atoms with Gasteiger partial charge in [-0.3, -0.25) is 14.7 Å². The zero-order valence-corrected chi connectivity index (χ0v) is 25.2. The van der Waals surface area contributed by atoms with Crippen LogP contribution in [0, 0.1) is 5.92 Å². The number of fused-ring (bicyclic) bond motifs is 1. The highest BCUT2D eigenvalue weighted by Crippen LogP contribution is 2.43. The molecule has 2 aliphatic heterocycles. The standard InChI is InChI=1S/C37H40N6O/c38-34-23-27(12-18-40-34)25-41-19-13-31(14-20-41)37(44)42-21-15-29(16-22-42)35-32-10-4-5-11-33(32)43(26-28-7-6-17-39-24-28)36(35)30-8-2-1-3-9-30/h1-12,17-18,23-24,29,31H,13-16,19-22,25-26H2,(H2,38,40). The molecule has 0 radical (unpaired) electrons. The molecule has 2 N–H and O–H groups in total. The summed E-state index contributed by atoms with van der Waals surface area (Å²) >= 11 is 0. The van der Waals surface area contributed by atoms with Crippen LogP contribution in [-0.4, -0.2) is 56.4 Å². The highest BCUT2D eigenvalue weighted by Gasteiger charge is 2.33. The number of anilines is 1. The Balaban J connectivity index is 1.08. The molecule has 0 atom stereocenters. The maximum Gasteiger partial charge on any atom is 0.225 e. The molecule has 2 saturated heterocycles. The molecule has 2 aliphatic rings. The van der Waals surface area contributed by atoms with Crippen molar-refractivity contribution in [3.05, 3.63) is 114 Å². The highest BCUT2D eigenvalue weighted by molar-refractivity contribution is 5.93. The average Bonchev–Trinajstić information content (AvgIpc) is 3.39. The fourth-order valence-corrected chi connectivity index (χ4v) is 7.32. The maximum absolute atomic E-state index is 13.7. The summed E-state index contributed by atoms with van der Waals surface area (Å²) in [4.78, 5) is 26.8. The Bertz CT molecular complexity index is 1720. The number of benzene rings is 2. The molecular formula is C37H40N6O. The third-order valence-corrected chi connectivity index (χ3v) is 9.52. The lowest BCUT2D eigenvalue weighted by Crippen LogP contribution is -2.45. The van der Waals surface area contributed by atoms with Gasteiger partial charge in [0.2, 0.25) is 5.91 Å². The van der Waals surface area contributed by atoms with Crippen LogP contribution in [0.5, 0.6) is 0 Å². The Morgan fingerprint density at radius 1 is 0.795 bits per heavy atom. The predicted molar refractivity (Wildman–Crippen MR) is 176 cm³/mol. The van der Waals surface area contributed by atoms with E-state index < -0.39 is 0 Å². The number of carbonyl (C=O) groups is 1. The lowest BCUT2D eigenvalue weighted by atomic mass is 9.85. The molecule has 0 saturated carbocycles. The molecule has 5 heterocycles. The summed E-state index contributed by atoms with van der Waals surface area (Å²) in [7, 11) is 0. The van der Waals surface area contributed by atoms with Crippen molar-refractivity contribution in [2.75, 3.05) is 31.9 Å². The van der Waals surface area contributed by atoms with E-state index in [0.717, 1.165) is 65.0 Å². The van der Waals surface area contributed by atoms with E-state index in [2.05, 4.69) is 85.0 Å². The van der Waals surface area contributed by atoms with Crippen LogP contribution in [0.25, 0.3) is 22.2 Å². The number of carbonyl (C=O) groups excluding carboxylic acids is 1. The number of likely N-dealkylation sites (tertiary alicyclic amines) is 2. The molecule has 44 heavy (non-hydrogen) atoms. The number of nitrogens with two attached hydrogens (primary N) is 1. The minimum Gasteiger partial charge on any atom is -0.384 e. The Morgan fingerprint density at radius 2 is 1.57 bits per heavy atom. The number of rotatable bonds is 7. The Hall–Kier alpha value is -4.49. The van der Waals surface area contributed by atoms with Crippen molar-refractivity contribution in [1.29, 1.82) is 0 Å². The molecule has 2 aromatic carbocycles. The van der Waals surface area contributed by atoms with Crippen molar-refractivity contribution in [2.24, 2.45) is 5.92 Å². The molecular weight excluding hydrogens is 544 g/mol. The molecule has 7 heteroatoms. The first-order valence-electron chi connectivity index (χ1n) is 15.9. The average molecular weight is 585 g/mol. The quantitative estimate of drug-likeness (QED) is 0.241. The summed E-state index contributed by atoms with van der Waals surface area (Å²) in [6.45, 7) is 5.13. The summed E-state index contributed by atoms with van der Waals surface area (Å²) < 4.78 is 2.47. The summed E-state index contributed by atoms with van der Waals surface area (Å²) in [5.74, 6) is 1.42. The van der Waals surface area contributed by atoms with Crippen molar-refractivity contribution in [3.8, 4) is 11.3 Å². The van der Waals surface area contributed by atoms with E-state index in [1.165, 1.54) is 38.9 Å². The van der Waals surface area contributed by atoms with E-state index in [4.69, 9.17) is 5.73 Å². The number of nitrogens with zero attached hydrogens (tertiary/aromatic N) is 5. The van der Waals surface area contributed by atoms with Crippen LogP contribution in [0.2, 0.25) is 0 Å². The van der Waals surface area contributed by atoms with Crippen molar-refractivity contribution in [3.63, 3.8) is 0 Å². The van der Waals surface area contributed by atoms with E-state index in [0.29, 0.717) is 17.6 Å². The van der Waals surface area contributed by atoms with Gasteiger partial charge >= 0.3 is 0 Å². The van der Waals surface area contributed by atoms with Gasteiger partial charge in [0.05, 0.1) is 5.69 Å². The molecule has 2 fully saturated rings. The number of aromatic nitrogens is 3. The minimum absolute atomic E-state index is 0.117. The lowest BCUT2D eigenvalue weighted by molar-refractivity contribution is -0.138. The zero-order valence-electron chi connectivity index (χ0n) is 25.2. The third kappa shape index (κ3) is 5.84. The molecule has 5 aromatic rings. The Morgan fingerprint density at radius 3 is 2.32 bits per heavy atom. The maximum atomic E-state index is 13.7. The summed E-state index contributed by atoms with van der Waals surface area (Å²) in [5, 5.41) is 1.32. The molecule has 224 valence electrons. The molecule has 0 spiro atoms. The second-order valence-corrected chi connectivity index (χ2v) is 12.3. The van der Waals surface area contributed by atoms with Crippen LogP contribution in [0.4, 0.5) is 5.82 Å². The molecule has 3 aromatic heterocycles. The number of hydrogen-bond acceptors (Lipinski definition) is 5. The van der Waals surface area contributed by atoms with Crippen molar-refractivity contribution >= 4 is 22.6 Å². The lowest BCUT2D eigenvalue weighted by Gasteiger charge is -2.37. The molecule has 0 bridgehead atoms. The molecule has 7 nitrogen and oxygen atoms in total. The van der Waals surface area contributed by atoms with Gasteiger partial charge < -0.3 is 15.2 Å². The second-order valence-electron chi connectivity index (χ2n) is 12.3. The summed E-state index contributed by atoms with van der Waals surface area (Å²) in [6, 6.07) is 27.8. The second kappa shape index (κ2) is 12.6. The monoisotopic (exact) mass is 584 g/mol. The Kier molecular flexibility index (Phi) is 8.12. The minimum atomic E-state index is 0.117. The van der Waals surface area contributed by atoms with Gasteiger partial charge in [-0.05, 0) is 91.2 Å². The van der Waals surface area contributed by atoms with Gasteiger partial charge in [0.25, 0.3) is 0 Å². The topological polar surface area (TPSA) is 80.3 Å². The van der Waals surface area contributed by atoms with Gasteiger partial charge in [0, 0.05) is 61.6 Å². The van der Waals surface area contributed by atoms with Crippen LogP contribution in [0.1, 0.15) is 48.3 Å². The smallest absolute Gasteiger partial charge is 0.225 e. The van der Waals surface area contributed by atoms with E-state index >= 15 is 0 Å². The molecule has 7 rings (SSSR count). The first-order valence-corrected chi connectivity index (χ1v) is 15.9. The van der Waals surface area contributed by atoms with Crippen molar-refractivity contribution in [2.45, 2.75) is 44.7 Å². The number of nitrogen functional groups attached to an aromatic ring is 1. The van der Waals surface area contributed by atoms with Gasteiger partial charge in [-0.1, -0.05) is 54.6 Å². The predicted octanol–water partition coefficient (Wildman–Crippen LogP) is 6.35. The number of piperidine rings is 2. The van der Waals surface area contributed by atoms with E-state index in [1.807, 2.05) is 30.6 Å². The van der Waals surface area contributed by atoms with E-state index in [1.54, 1.807) is 6.20 Å².